The highest BCUT2D eigenvalue weighted by atomic mass is 14.7. The molecule has 0 unspecified atom stereocenters. The van der Waals surface area contributed by atoms with Gasteiger partial charge in [0.05, 0.1) is 11.4 Å². The summed E-state index contributed by atoms with van der Waals surface area (Å²) >= 11 is 0. The molecule has 1 nitrogen and oxygen atoms in total. The number of aromatic nitrogens is 1. The van der Waals surface area contributed by atoms with E-state index in [9.17, 15) is 0 Å². The Labute approximate surface area is 355 Å². The Hall–Kier alpha value is -7.09. The van der Waals surface area contributed by atoms with Crippen molar-refractivity contribution in [2.24, 2.45) is 0 Å². The van der Waals surface area contributed by atoms with Crippen LogP contribution in [0.1, 0.15) is 33.4 Å². The molecule has 0 aliphatic heterocycles. The highest BCUT2D eigenvalue weighted by molar-refractivity contribution is 5.82. The van der Waals surface area contributed by atoms with Gasteiger partial charge >= 0.3 is 0 Å². The largest absolute Gasteiger partial charge is 0.248 e. The smallest absolute Gasteiger partial charge is 0.0709 e. The van der Waals surface area contributed by atoms with Gasteiger partial charge < -0.3 is 0 Å². The first kappa shape index (κ1) is 38.4. The third-order valence-electron chi connectivity index (χ3n) is 12.1. The molecule has 9 aromatic rings. The minimum Gasteiger partial charge on any atom is -0.248 e. The Morgan fingerprint density at radius 1 is 0.217 bits per heavy atom. The van der Waals surface area contributed by atoms with Gasteiger partial charge in [-0.15, -0.1) is 0 Å². The fraction of sp³-hybridized carbons (Fsp3) is 0.102. The van der Waals surface area contributed by atoms with Crippen LogP contribution in [-0.2, 0) is 0 Å². The zero-order valence-electron chi connectivity index (χ0n) is 35.3. The topological polar surface area (TPSA) is 12.9 Å². The van der Waals surface area contributed by atoms with Crippen molar-refractivity contribution in [3.8, 4) is 89.3 Å². The maximum absolute atomic E-state index is 5.09. The summed E-state index contributed by atoms with van der Waals surface area (Å²) in [6.07, 6.45) is 0. The molecular formula is C59H49N. The lowest BCUT2D eigenvalue weighted by molar-refractivity contribution is 1.31. The molecule has 1 heteroatoms. The second-order valence-electron chi connectivity index (χ2n) is 16.3. The summed E-state index contributed by atoms with van der Waals surface area (Å²) in [4.78, 5) is 5.09. The number of hydrogen-bond donors (Lipinski definition) is 0. The quantitative estimate of drug-likeness (QED) is 0.150. The summed E-state index contributed by atoms with van der Waals surface area (Å²) in [5, 5.41) is 0. The van der Waals surface area contributed by atoms with Crippen molar-refractivity contribution < 1.29 is 0 Å². The molecule has 0 amide bonds. The Bertz CT molecular complexity index is 3020. The molecule has 0 aliphatic carbocycles. The predicted octanol–water partition coefficient (Wildman–Crippen LogP) is 16.3. The molecule has 8 aromatic carbocycles. The van der Waals surface area contributed by atoms with E-state index in [4.69, 9.17) is 4.98 Å². The Morgan fingerprint density at radius 3 is 0.967 bits per heavy atom. The average Bonchev–Trinajstić information content (AvgIpc) is 3.27. The van der Waals surface area contributed by atoms with Gasteiger partial charge in [-0.1, -0.05) is 170 Å². The number of hydrogen-bond acceptors (Lipinski definition) is 1. The molecular weight excluding hydrogens is 723 g/mol. The molecule has 0 fully saturated rings. The lowest BCUT2D eigenvalue weighted by atomic mass is 9.89. The number of pyridine rings is 1. The van der Waals surface area contributed by atoms with E-state index >= 15 is 0 Å². The van der Waals surface area contributed by atoms with E-state index in [0.717, 1.165) is 22.5 Å². The van der Waals surface area contributed by atoms with E-state index in [0.29, 0.717) is 0 Å². The molecule has 0 saturated heterocycles. The van der Waals surface area contributed by atoms with E-state index < -0.39 is 0 Å². The summed E-state index contributed by atoms with van der Waals surface area (Å²) in [7, 11) is 0. The van der Waals surface area contributed by atoms with E-state index in [1.165, 1.54) is 100 Å². The van der Waals surface area contributed by atoms with E-state index in [2.05, 4.69) is 230 Å². The van der Waals surface area contributed by atoms with E-state index in [1.807, 2.05) is 0 Å². The van der Waals surface area contributed by atoms with E-state index in [1.54, 1.807) is 0 Å². The summed E-state index contributed by atoms with van der Waals surface area (Å²) in [6, 6.07) is 68.4. The fourth-order valence-electron chi connectivity index (χ4n) is 8.80. The molecule has 0 spiro atoms. The molecule has 0 N–H and O–H groups in total. The Balaban J connectivity index is 0.918. The van der Waals surface area contributed by atoms with Gasteiger partial charge in [-0.2, -0.15) is 0 Å². The van der Waals surface area contributed by atoms with Crippen molar-refractivity contribution in [3.05, 3.63) is 221 Å². The summed E-state index contributed by atoms with van der Waals surface area (Å²) < 4.78 is 0. The van der Waals surface area contributed by atoms with Gasteiger partial charge in [-0.3, -0.25) is 0 Å². The van der Waals surface area contributed by atoms with Gasteiger partial charge in [-0.25, -0.2) is 4.98 Å². The van der Waals surface area contributed by atoms with Crippen LogP contribution >= 0.6 is 0 Å². The van der Waals surface area contributed by atoms with Crippen LogP contribution in [0.2, 0.25) is 0 Å². The zero-order chi connectivity index (χ0) is 41.3. The van der Waals surface area contributed by atoms with Crippen molar-refractivity contribution in [1.29, 1.82) is 0 Å². The van der Waals surface area contributed by atoms with Crippen LogP contribution < -0.4 is 0 Å². The minimum atomic E-state index is 0.975. The van der Waals surface area contributed by atoms with Crippen LogP contribution in [0.25, 0.3) is 89.3 Å². The molecule has 0 saturated carbocycles. The number of benzene rings is 8. The number of aryl methyl sites for hydroxylation is 6. The average molecular weight is 772 g/mol. The van der Waals surface area contributed by atoms with Crippen LogP contribution in [0, 0.1) is 41.5 Å². The van der Waals surface area contributed by atoms with Crippen molar-refractivity contribution in [3.63, 3.8) is 0 Å². The summed E-state index contributed by atoms with van der Waals surface area (Å²) in [5.74, 6) is 0. The molecule has 1 aromatic heterocycles. The molecule has 0 radical (unpaired) electrons. The van der Waals surface area contributed by atoms with Crippen LogP contribution in [0.5, 0.6) is 0 Å². The Morgan fingerprint density at radius 2 is 0.533 bits per heavy atom. The van der Waals surface area contributed by atoms with Gasteiger partial charge in [0.2, 0.25) is 0 Å². The number of nitrogens with zero attached hydrogens (tertiary/aromatic N) is 1. The van der Waals surface area contributed by atoms with Crippen LogP contribution in [0.3, 0.4) is 0 Å². The molecule has 9 rings (SSSR count). The SMILES string of the molecule is Cc1ccccc1-c1ccc(-c2ccc(-c3ccc(-c4ccc(-c5ccc(-c6cccc(-c7ccc(-c8ccccc8)cc7)n6)cc5C)c(C)c4)cc3C)c(C)c2)cc1C. The number of rotatable bonds is 8. The van der Waals surface area contributed by atoms with Crippen molar-refractivity contribution in [2.75, 3.05) is 0 Å². The second kappa shape index (κ2) is 16.3. The van der Waals surface area contributed by atoms with Crippen molar-refractivity contribution in [1.82, 2.24) is 4.98 Å². The Kier molecular flexibility index (Phi) is 10.4. The van der Waals surface area contributed by atoms with Gasteiger partial charge in [0, 0.05) is 11.1 Å². The van der Waals surface area contributed by atoms with Crippen LogP contribution in [0.4, 0.5) is 0 Å². The maximum Gasteiger partial charge on any atom is 0.0709 e. The highest BCUT2D eigenvalue weighted by Crippen LogP contribution is 2.37. The van der Waals surface area contributed by atoms with Gasteiger partial charge in [0.25, 0.3) is 0 Å². The summed E-state index contributed by atoms with van der Waals surface area (Å²) in [5.41, 5.74) is 26.9. The first-order chi connectivity index (χ1) is 29.2. The zero-order valence-corrected chi connectivity index (χ0v) is 35.3. The molecule has 290 valence electrons. The van der Waals surface area contributed by atoms with Gasteiger partial charge in [0.1, 0.15) is 0 Å². The standard InChI is InChI=1S/C59H49N/c1-38-13-10-11-16-52(38)53-28-23-47(33-39(53)2)48-24-29-54(40(3)34-48)55-30-25-49(35-41(55)4)50-26-31-56(42(5)36-50)57-32-27-51(37-43(57)6)59-18-12-17-58(60-59)46-21-19-45(20-22-46)44-14-8-7-9-15-44/h7-37H,1-6H3. The fourth-order valence-corrected chi connectivity index (χ4v) is 8.80. The third-order valence-corrected chi connectivity index (χ3v) is 12.1. The first-order valence-electron chi connectivity index (χ1n) is 20.9. The van der Waals surface area contributed by atoms with Crippen LogP contribution in [-0.4, -0.2) is 4.98 Å². The van der Waals surface area contributed by atoms with E-state index in [-0.39, 0.29) is 0 Å². The molecule has 60 heavy (non-hydrogen) atoms. The van der Waals surface area contributed by atoms with Crippen molar-refractivity contribution >= 4 is 0 Å². The minimum absolute atomic E-state index is 0.975. The maximum atomic E-state index is 5.09. The molecule has 1 heterocycles. The lowest BCUT2D eigenvalue weighted by Gasteiger charge is -2.16. The predicted molar refractivity (Wildman–Crippen MR) is 256 cm³/mol. The lowest BCUT2D eigenvalue weighted by Crippen LogP contribution is -1.93. The highest BCUT2D eigenvalue weighted by Gasteiger charge is 2.14. The third kappa shape index (κ3) is 7.63. The molecule has 0 bridgehead atoms. The van der Waals surface area contributed by atoms with Gasteiger partial charge in [0.15, 0.2) is 0 Å². The van der Waals surface area contributed by atoms with Crippen LogP contribution in [0.15, 0.2) is 188 Å². The molecule has 0 aliphatic rings. The summed E-state index contributed by atoms with van der Waals surface area (Å²) in [6.45, 7) is 13.3. The normalized spacial score (nSPS) is 11.2. The monoisotopic (exact) mass is 771 g/mol. The van der Waals surface area contributed by atoms with Gasteiger partial charge in [-0.05, 0) is 160 Å². The molecule has 0 atom stereocenters. The first-order valence-corrected chi connectivity index (χ1v) is 20.9. The van der Waals surface area contributed by atoms with Crippen molar-refractivity contribution in [2.45, 2.75) is 41.5 Å². The second-order valence-corrected chi connectivity index (χ2v) is 16.3.